The second-order valence-corrected chi connectivity index (χ2v) is 2.58. The number of nitrogens with zero attached hydrogens (tertiary/aromatic N) is 1. The van der Waals surface area contributed by atoms with Gasteiger partial charge in [-0.25, -0.2) is 4.39 Å². The number of methoxy groups -OCH3 is 1. The zero-order valence-electron chi connectivity index (χ0n) is 6.58. The Hall–Kier alpha value is -1.36. The van der Waals surface area contributed by atoms with Crippen LogP contribution in [0.5, 0.6) is 5.75 Å². The maximum atomic E-state index is 13.1. The third-order valence-corrected chi connectivity index (χ3v) is 1.72. The molecule has 0 saturated carbocycles. The summed E-state index contributed by atoms with van der Waals surface area (Å²) in [4.78, 5) is 9.62. The van der Waals surface area contributed by atoms with Crippen LogP contribution in [0.25, 0.3) is 0 Å². The van der Waals surface area contributed by atoms with Crippen LogP contribution in [0.3, 0.4) is 0 Å². The predicted molar refractivity (Wildman–Crippen MR) is 44.6 cm³/mol. The van der Waals surface area contributed by atoms with Crippen molar-refractivity contribution in [2.45, 2.75) is 0 Å². The summed E-state index contributed by atoms with van der Waals surface area (Å²) >= 11 is 5.39. The van der Waals surface area contributed by atoms with Gasteiger partial charge in [-0.05, 0) is 6.07 Å². The van der Waals surface area contributed by atoms with Crippen LogP contribution in [-0.4, -0.2) is 12.0 Å². The van der Waals surface area contributed by atoms with Gasteiger partial charge in [-0.2, -0.15) is 0 Å². The topological polar surface area (TPSA) is 52.4 Å². The maximum absolute atomic E-state index is 13.1. The molecule has 0 aliphatic rings. The molecule has 0 heterocycles. The van der Waals surface area contributed by atoms with Crippen molar-refractivity contribution in [2.75, 3.05) is 7.11 Å². The number of ether oxygens (including phenoxy) is 1. The quantitative estimate of drug-likeness (QED) is 0.550. The molecule has 70 valence electrons. The van der Waals surface area contributed by atoms with Crippen LogP contribution in [0.4, 0.5) is 10.1 Å². The summed E-state index contributed by atoms with van der Waals surface area (Å²) in [7, 11) is 1.14. The van der Waals surface area contributed by atoms with Crippen LogP contribution < -0.4 is 4.74 Å². The molecule has 0 radical (unpaired) electrons. The molecule has 0 atom stereocenters. The highest BCUT2D eigenvalue weighted by atomic mass is 35.5. The molecule has 0 fully saturated rings. The first-order valence-corrected chi connectivity index (χ1v) is 3.62. The summed E-state index contributed by atoms with van der Waals surface area (Å²) in [5.74, 6) is -1.36. The second kappa shape index (κ2) is 3.57. The van der Waals surface area contributed by atoms with E-state index >= 15 is 0 Å². The van der Waals surface area contributed by atoms with E-state index in [2.05, 4.69) is 4.74 Å². The van der Waals surface area contributed by atoms with Gasteiger partial charge in [0, 0.05) is 6.07 Å². The van der Waals surface area contributed by atoms with Crippen molar-refractivity contribution in [3.05, 3.63) is 33.1 Å². The minimum Gasteiger partial charge on any atom is -0.488 e. The van der Waals surface area contributed by atoms with E-state index < -0.39 is 22.2 Å². The smallest absolute Gasteiger partial charge is 0.314 e. The zero-order valence-corrected chi connectivity index (χ0v) is 7.34. The van der Waals surface area contributed by atoms with Crippen LogP contribution in [0.1, 0.15) is 0 Å². The molecule has 0 bridgehead atoms. The first kappa shape index (κ1) is 9.73. The lowest BCUT2D eigenvalue weighted by atomic mass is 10.3. The molecular formula is C7H5ClFNO3. The molecule has 0 saturated heterocycles. The minimum absolute atomic E-state index is 0.206. The zero-order chi connectivity index (χ0) is 10.0. The monoisotopic (exact) mass is 205 g/mol. The standard InChI is InChI=1S/C7H5ClFNO3/c1-13-7-5(10(11)12)3-2-4(8)6(7)9/h2-3H,1H3. The van der Waals surface area contributed by atoms with Crippen molar-refractivity contribution in [2.24, 2.45) is 0 Å². The van der Waals surface area contributed by atoms with Crippen LogP contribution in [0.15, 0.2) is 12.1 Å². The van der Waals surface area contributed by atoms with E-state index in [4.69, 9.17) is 11.6 Å². The Kier molecular flexibility index (Phi) is 2.67. The van der Waals surface area contributed by atoms with Crippen molar-refractivity contribution in [3.8, 4) is 5.75 Å². The third kappa shape index (κ3) is 1.70. The summed E-state index contributed by atoms with van der Waals surface area (Å²) in [6.45, 7) is 0. The van der Waals surface area contributed by atoms with E-state index in [0.29, 0.717) is 0 Å². The lowest BCUT2D eigenvalue weighted by Gasteiger charge is -2.03. The third-order valence-electron chi connectivity index (χ3n) is 1.43. The Bertz CT molecular complexity index is 356. The van der Waals surface area contributed by atoms with E-state index in [0.717, 1.165) is 19.2 Å². The van der Waals surface area contributed by atoms with Crippen LogP contribution >= 0.6 is 11.6 Å². The Balaban J connectivity index is 3.38. The molecule has 1 aromatic rings. The predicted octanol–water partition coefficient (Wildman–Crippen LogP) is 2.40. The number of benzene rings is 1. The Labute approximate surface area is 78.0 Å². The summed E-state index contributed by atoms with van der Waals surface area (Å²) in [6, 6.07) is 2.20. The van der Waals surface area contributed by atoms with Crippen molar-refractivity contribution in [3.63, 3.8) is 0 Å². The molecule has 1 aromatic carbocycles. The highest BCUT2D eigenvalue weighted by Gasteiger charge is 2.20. The van der Waals surface area contributed by atoms with Crippen LogP contribution in [0, 0.1) is 15.9 Å². The van der Waals surface area contributed by atoms with Gasteiger partial charge in [0.2, 0.25) is 5.75 Å². The fourth-order valence-electron chi connectivity index (χ4n) is 0.860. The van der Waals surface area contributed by atoms with Gasteiger partial charge in [0.05, 0.1) is 17.1 Å². The number of nitro benzene ring substituents is 1. The highest BCUT2D eigenvalue weighted by molar-refractivity contribution is 6.31. The molecule has 13 heavy (non-hydrogen) atoms. The number of hydrogen-bond donors (Lipinski definition) is 0. The number of hydrogen-bond acceptors (Lipinski definition) is 3. The summed E-state index contributed by atoms with van der Waals surface area (Å²) in [5, 5.41) is 10.2. The maximum Gasteiger partial charge on any atom is 0.314 e. The summed E-state index contributed by atoms with van der Waals surface area (Å²) in [6.07, 6.45) is 0. The lowest BCUT2D eigenvalue weighted by molar-refractivity contribution is -0.386. The van der Waals surface area contributed by atoms with E-state index in [-0.39, 0.29) is 5.02 Å². The van der Waals surface area contributed by atoms with Gasteiger partial charge in [0.15, 0.2) is 5.82 Å². The van der Waals surface area contributed by atoms with Crippen molar-refractivity contribution >= 4 is 17.3 Å². The fourth-order valence-corrected chi connectivity index (χ4v) is 1.01. The second-order valence-electron chi connectivity index (χ2n) is 2.17. The van der Waals surface area contributed by atoms with Gasteiger partial charge in [-0.1, -0.05) is 11.6 Å². The lowest BCUT2D eigenvalue weighted by Crippen LogP contribution is -1.96. The molecule has 0 N–H and O–H groups in total. The van der Waals surface area contributed by atoms with E-state index in [9.17, 15) is 14.5 Å². The SMILES string of the molecule is COc1c([N+](=O)[O-])ccc(Cl)c1F. The molecule has 0 amide bonds. The summed E-state index contributed by atoms with van der Waals surface area (Å²) < 4.78 is 17.6. The molecule has 0 aliphatic carbocycles. The Morgan fingerprint density at radius 2 is 2.23 bits per heavy atom. The van der Waals surface area contributed by atoms with Gasteiger partial charge in [0.1, 0.15) is 0 Å². The van der Waals surface area contributed by atoms with Crippen molar-refractivity contribution in [1.82, 2.24) is 0 Å². The van der Waals surface area contributed by atoms with Crippen LogP contribution in [0.2, 0.25) is 5.02 Å². The Morgan fingerprint density at radius 1 is 1.62 bits per heavy atom. The van der Waals surface area contributed by atoms with E-state index in [1.807, 2.05) is 0 Å². The highest BCUT2D eigenvalue weighted by Crippen LogP contribution is 2.33. The van der Waals surface area contributed by atoms with Crippen molar-refractivity contribution in [1.29, 1.82) is 0 Å². The van der Waals surface area contributed by atoms with Gasteiger partial charge < -0.3 is 4.74 Å². The molecule has 1 rings (SSSR count). The first-order valence-electron chi connectivity index (χ1n) is 3.24. The first-order chi connectivity index (χ1) is 6.07. The molecule has 4 nitrogen and oxygen atoms in total. The Morgan fingerprint density at radius 3 is 2.69 bits per heavy atom. The van der Waals surface area contributed by atoms with Gasteiger partial charge in [-0.3, -0.25) is 10.1 Å². The molecule has 0 unspecified atom stereocenters. The van der Waals surface area contributed by atoms with Gasteiger partial charge in [-0.15, -0.1) is 0 Å². The number of nitro groups is 1. The minimum atomic E-state index is -0.918. The molecule has 0 aromatic heterocycles. The average Bonchev–Trinajstić information content (AvgIpc) is 2.09. The summed E-state index contributed by atoms with van der Waals surface area (Å²) in [5.41, 5.74) is -0.440. The molecule has 0 spiro atoms. The molecule has 6 heteroatoms. The normalized spacial score (nSPS) is 9.77. The molecular weight excluding hydrogens is 201 g/mol. The fraction of sp³-hybridized carbons (Fsp3) is 0.143. The van der Waals surface area contributed by atoms with E-state index in [1.54, 1.807) is 0 Å². The van der Waals surface area contributed by atoms with Crippen LogP contribution in [-0.2, 0) is 0 Å². The van der Waals surface area contributed by atoms with Gasteiger partial charge >= 0.3 is 5.69 Å². The van der Waals surface area contributed by atoms with Gasteiger partial charge in [0.25, 0.3) is 0 Å². The van der Waals surface area contributed by atoms with Crippen molar-refractivity contribution < 1.29 is 14.1 Å². The molecule has 0 aliphatic heterocycles. The number of halogens is 2. The largest absolute Gasteiger partial charge is 0.488 e. The number of rotatable bonds is 2. The average molecular weight is 206 g/mol. The van der Waals surface area contributed by atoms with E-state index in [1.165, 1.54) is 0 Å².